The number of hydrogen-bond donors (Lipinski definition) is 0. The number of nitrogens with zero attached hydrogens (tertiary/aromatic N) is 1. The van der Waals surface area contributed by atoms with Gasteiger partial charge < -0.3 is 4.90 Å². The minimum atomic E-state index is 0.201. The van der Waals surface area contributed by atoms with Gasteiger partial charge in [0.25, 0.3) is 5.91 Å². The van der Waals surface area contributed by atoms with Crippen molar-refractivity contribution in [2.45, 2.75) is 45.6 Å². The standard InChI is InChI=1S/C16H22BrNO/c1-12-6-5-9-15(13(12)2)16(19)18(11-10-17)14-7-3-4-8-14/h5-6,9,14H,3-4,7-8,10-11H2,1-2H3. The molecule has 0 heterocycles. The number of carbonyl (C=O) groups excluding carboxylic acids is 1. The number of rotatable bonds is 4. The van der Waals surface area contributed by atoms with Gasteiger partial charge in [-0.3, -0.25) is 4.79 Å². The smallest absolute Gasteiger partial charge is 0.254 e. The highest BCUT2D eigenvalue weighted by Gasteiger charge is 2.27. The molecule has 0 atom stereocenters. The molecule has 0 spiro atoms. The van der Waals surface area contributed by atoms with Crippen molar-refractivity contribution >= 4 is 21.8 Å². The van der Waals surface area contributed by atoms with E-state index in [4.69, 9.17) is 0 Å². The summed E-state index contributed by atoms with van der Waals surface area (Å²) in [7, 11) is 0. The van der Waals surface area contributed by atoms with Crippen LogP contribution >= 0.6 is 15.9 Å². The van der Waals surface area contributed by atoms with Crippen molar-refractivity contribution in [1.82, 2.24) is 4.90 Å². The predicted octanol–water partition coefficient (Wildman–Crippen LogP) is 4.08. The van der Waals surface area contributed by atoms with Crippen LogP contribution in [0.15, 0.2) is 18.2 Å². The monoisotopic (exact) mass is 323 g/mol. The zero-order valence-electron chi connectivity index (χ0n) is 11.8. The van der Waals surface area contributed by atoms with Crippen LogP contribution in [0.1, 0.15) is 47.2 Å². The SMILES string of the molecule is Cc1cccc(C(=O)N(CCBr)C2CCCC2)c1C. The molecule has 0 saturated heterocycles. The van der Waals surface area contributed by atoms with Crippen LogP contribution in [-0.2, 0) is 0 Å². The highest BCUT2D eigenvalue weighted by Crippen LogP contribution is 2.26. The number of amides is 1. The molecule has 0 radical (unpaired) electrons. The summed E-state index contributed by atoms with van der Waals surface area (Å²) in [5.41, 5.74) is 3.17. The quantitative estimate of drug-likeness (QED) is 0.764. The van der Waals surface area contributed by atoms with Crippen LogP contribution in [0.3, 0.4) is 0 Å². The largest absolute Gasteiger partial charge is 0.335 e. The maximum absolute atomic E-state index is 12.8. The van der Waals surface area contributed by atoms with Crippen LogP contribution in [0.2, 0.25) is 0 Å². The Labute approximate surface area is 124 Å². The first-order valence-electron chi connectivity index (χ1n) is 7.08. The molecule has 0 aliphatic heterocycles. The summed E-state index contributed by atoms with van der Waals surface area (Å²) in [6, 6.07) is 6.44. The lowest BCUT2D eigenvalue weighted by Crippen LogP contribution is -2.40. The second-order valence-corrected chi connectivity index (χ2v) is 6.17. The van der Waals surface area contributed by atoms with Crippen molar-refractivity contribution in [3.05, 3.63) is 34.9 Å². The zero-order valence-corrected chi connectivity index (χ0v) is 13.4. The van der Waals surface area contributed by atoms with Gasteiger partial charge in [-0.2, -0.15) is 0 Å². The van der Waals surface area contributed by atoms with E-state index < -0.39 is 0 Å². The third kappa shape index (κ3) is 3.19. The van der Waals surface area contributed by atoms with Gasteiger partial charge in [0.05, 0.1) is 0 Å². The molecule has 1 amide bonds. The number of carbonyl (C=O) groups is 1. The first kappa shape index (κ1) is 14.6. The lowest BCUT2D eigenvalue weighted by atomic mass is 10.0. The fourth-order valence-corrected chi connectivity index (χ4v) is 3.28. The Bertz CT molecular complexity index is 452. The van der Waals surface area contributed by atoms with Gasteiger partial charge in [-0.1, -0.05) is 40.9 Å². The van der Waals surface area contributed by atoms with Crippen LogP contribution in [-0.4, -0.2) is 28.7 Å². The fourth-order valence-electron chi connectivity index (χ4n) is 2.89. The van der Waals surface area contributed by atoms with Crippen molar-refractivity contribution in [2.75, 3.05) is 11.9 Å². The van der Waals surface area contributed by atoms with Crippen molar-refractivity contribution in [3.63, 3.8) is 0 Å². The van der Waals surface area contributed by atoms with Crippen LogP contribution < -0.4 is 0 Å². The summed E-state index contributed by atoms with van der Waals surface area (Å²) in [5.74, 6) is 0.201. The van der Waals surface area contributed by atoms with Gasteiger partial charge in [0.1, 0.15) is 0 Å². The molecule has 0 unspecified atom stereocenters. The highest BCUT2D eigenvalue weighted by atomic mass is 79.9. The molecular weight excluding hydrogens is 302 g/mol. The van der Waals surface area contributed by atoms with E-state index >= 15 is 0 Å². The van der Waals surface area contributed by atoms with Gasteiger partial charge in [-0.15, -0.1) is 0 Å². The van der Waals surface area contributed by atoms with E-state index in [9.17, 15) is 4.79 Å². The topological polar surface area (TPSA) is 20.3 Å². The predicted molar refractivity (Wildman–Crippen MR) is 83.0 cm³/mol. The Morgan fingerprint density at radius 2 is 2.00 bits per heavy atom. The van der Waals surface area contributed by atoms with Crippen LogP contribution in [0.5, 0.6) is 0 Å². The Balaban J connectivity index is 2.25. The van der Waals surface area contributed by atoms with Gasteiger partial charge >= 0.3 is 0 Å². The van der Waals surface area contributed by atoms with E-state index in [2.05, 4.69) is 33.8 Å². The summed E-state index contributed by atoms with van der Waals surface area (Å²) in [4.78, 5) is 14.9. The summed E-state index contributed by atoms with van der Waals surface area (Å²) >= 11 is 3.48. The van der Waals surface area contributed by atoms with Crippen LogP contribution in [0.25, 0.3) is 0 Å². The maximum Gasteiger partial charge on any atom is 0.254 e. The average Bonchev–Trinajstić information content (AvgIpc) is 2.92. The average molecular weight is 324 g/mol. The molecule has 0 bridgehead atoms. The molecule has 1 aromatic rings. The van der Waals surface area contributed by atoms with Crippen molar-refractivity contribution < 1.29 is 4.79 Å². The normalized spacial score (nSPS) is 15.7. The molecule has 2 rings (SSSR count). The first-order chi connectivity index (χ1) is 9.15. The summed E-state index contributed by atoms with van der Waals surface area (Å²) < 4.78 is 0. The van der Waals surface area contributed by atoms with Gasteiger partial charge in [-0.25, -0.2) is 0 Å². The van der Waals surface area contributed by atoms with Crippen molar-refractivity contribution in [3.8, 4) is 0 Å². The van der Waals surface area contributed by atoms with Gasteiger partial charge in [0, 0.05) is 23.5 Å². The summed E-state index contributed by atoms with van der Waals surface area (Å²) in [5, 5.41) is 0.847. The minimum absolute atomic E-state index is 0.201. The van der Waals surface area contributed by atoms with E-state index in [1.165, 1.54) is 18.4 Å². The van der Waals surface area contributed by atoms with Crippen LogP contribution in [0.4, 0.5) is 0 Å². The molecule has 1 fully saturated rings. The van der Waals surface area contributed by atoms with Crippen LogP contribution in [0, 0.1) is 13.8 Å². The van der Waals surface area contributed by atoms with Gasteiger partial charge in [0.2, 0.25) is 0 Å². The van der Waals surface area contributed by atoms with E-state index in [-0.39, 0.29) is 5.91 Å². The summed E-state index contributed by atoms with van der Waals surface area (Å²) in [6.45, 7) is 4.91. The van der Waals surface area contributed by atoms with Crippen molar-refractivity contribution in [1.29, 1.82) is 0 Å². The third-order valence-electron chi connectivity index (χ3n) is 4.19. The van der Waals surface area contributed by atoms with Gasteiger partial charge in [-0.05, 0) is 43.9 Å². The van der Waals surface area contributed by atoms with Crippen molar-refractivity contribution in [2.24, 2.45) is 0 Å². The Kier molecular flexibility index (Phi) is 5.03. The van der Waals surface area contributed by atoms with E-state index in [0.717, 1.165) is 35.8 Å². The molecule has 104 valence electrons. The maximum atomic E-state index is 12.8. The highest BCUT2D eigenvalue weighted by molar-refractivity contribution is 9.09. The second-order valence-electron chi connectivity index (χ2n) is 5.37. The molecule has 1 aliphatic rings. The minimum Gasteiger partial charge on any atom is -0.335 e. The number of benzene rings is 1. The number of hydrogen-bond acceptors (Lipinski definition) is 1. The summed E-state index contributed by atoms with van der Waals surface area (Å²) in [6.07, 6.45) is 4.82. The molecule has 19 heavy (non-hydrogen) atoms. The molecular formula is C16H22BrNO. The number of aryl methyl sites for hydroxylation is 1. The number of halogens is 1. The van der Waals surface area contributed by atoms with E-state index in [1.807, 2.05) is 19.1 Å². The molecule has 1 aliphatic carbocycles. The lowest BCUT2D eigenvalue weighted by Gasteiger charge is -2.29. The zero-order chi connectivity index (χ0) is 13.8. The third-order valence-corrected chi connectivity index (χ3v) is 4.54. The molecule has 0 aromatic heterocycles. The van der Waals surface area contributed by atoms with Gasteiger partial charge in [0.15, 0.2) is 0 Å². The molecule has 1 saturated carbocycles. The van der Waals surface area contributed by atoms with E-state index in [1.54, 1.807) is 0 Å². The van der Waals surface area contributed by atoms with E-state index in [0.29, 0.717) is 6.04 Å². The number of alkyl halides is 1. The Hall–Kier alpha value is -0.830. The Morgan fingerprint density at radius 1 is 1.32 bits per heavy atom. The first-order valence-corrected chi connectivity index (χ1v) is 8.20. The fraction of sp³-hybridized carbons (Fsp3) is 0.562. The second kappa shape index (κ2) is 6.56. The molecule has 0 N–H and O–H groups in total. The molecule has 2 nitrogen and oxygen atoms in total. The Morgan fingerprint density at radius 3 is 2.63 bits per heavy atom. The molecule has 1 aromatic carbocycles. The molecule has 3 heteroatoms. The lowest BCUT2D eigenvalue weighted by molar-refractivity contribution is 0.0695.